The van der Waals surface area contributed by atoms with Gasteiger partial charge in [0.05, 0.1) is 15.8 Å². The van der Waals surface area contributed by atoms with Gasteiger partial charge in [0.1, 0.15) is 5.75 Å². The van der Waals surface area contributed by atoms with Crippen LogP contribution in [0.2, 0.25) is 0 Å². The molecule has 1 heterocycles. The van der Waals surface area contributed by atoms with Crippen molar-refractivity contribution >= 4 is 33.0 Å². The number of rotatable bonds is 4. The second kappa shape index (κ2) is 5.67. The Hall–Kier alpha value is -1.13. The van der Waals surface area contributed by atoms with Crippen LogP contribution in [0.25, 0.3) is 0 Å². The lowest BCUT2D eigenvalue weighted by Crippen LogP contribution is -2.03. The van der Waals surface area contributed by atoms with Gasteiger partial charge in [-0.3, -0.25) is 4.79 Å². The van der Waals surface area contributed by atoms with E-state index in [4.69, 9.17) is 4.74 Å². The average Bonchev–Trinajstić information content (AvgIpc) is 2.76. The quantitative estimate of drug-likeness (QED) is 0.786. The Morgan fingerprint density at radius 2 is 2.11 bits per heavy atom. The number of carbonyl (C=O) groups excluding carboxylic acids is 1. The number of halogens is 1. The summed E-state index contributed by atoms with van der Waals surface area (Å²) in [7, 11) is 1.63. The Bertz CT molecular complexity index is 575. The molecule has 18 heavy (non-hydrogen) atoms. The van der Waals surface area contributed by atoms with Gasteiger partial charge < -0.3 is 4.74 Å². The molecule has 0 unspecified atom stereocenters. The lowest BCUT2D eigenvalue weighted by molar-refractivity contribution is 0.0996. The first-order chi connectivity index (χ1) is 8.60. The van der Waals surface area contributed by atoms with Gasteiger partial charge in [-0.15, -0.1) is 11.3 Å². The lowest BCUT2D eigenvalue weighted by Gasteiger charge is -2.08. The molecule has 0 atom stereocenters. The number of ketones is 1. The zero-order valence-corrected chi connectivity index (χ0v) is 12.6. The van der Waals surface area contributed by atoms with Gasteiger partial charge in [-0.25, -0.2) is 0 Å². The fourth-order valence-electron chi connectivity index (χ4n) is 1.77. The molecule has 0 aliphatic carbocycles. The smallest absolute Gasteiger partial charge is 0.177 e. The van der Waals surface area contributed by atoms with Crippen molar-refractivity contribution in [2.45, 2.75) is 13.3 Å². The minimum Gasteiger partial charge on any atom is -0.496 e. The number of Topliss-reactive ketones (excluding diaryl/α,β-unsaturated/α-hetero) is 1. The molecule has 2 aromatic rings. The van der Waals surface area contributed by atoms with Gasteiger partial charge in [-0.05, 0) is 41.1 Å². The highest BCUT2D eigenvalue weighted by molar-refractivity contribution is 9.11. The minimum atomic E-state index is 0.120. The first kappa shape index (κ1) is 13.3. The van der Waals surface area contributed by atoms with E-state index in [1.807, 2.05) is 37.3 Å². The molecule has 0 fully saturated rings. The summed E-state index contributed by atoms with van der Waals surface area (Å²) in [5.74, 6) is 0.888. The molecule has 1 aromatic carbocycles. The molecule has 2 rings (SSSR count). The van der Waals surface area contributed by atoms with Crippen molar-refractivity contribution in [1.29, 1.82) is 0 Å². The monoisotopic (exact) mass is 324 g/mol. The molecular weight excluding hydrogens is 312 g/mol. The van der Waals surface area contributed by atoms with Crippen LogP contribution in [0.15, 0.2) is 34.1 Å². The third-order valence-electron chi connectivity index (χ3n) is 2.63. The van der Waals surface area contributed by atoms with E-state index in [9.17, 15) is 4.79 Å². The van der Waals surface area contributed by atoms with Crippen LogP contribution in [0.5, 0.6) is 5.75 Å². The molecule has 1 aromatic heterocycles. The van der Waals surface area contributed by atoms with Crippen LogP contribution in [0.1, 0.15) is 20.8 Å². The average molecular weight is 325 g/mol. The molecule has 0 saturated heterocycles. The van der Waals surface area contributed by atoms with Crippen molar-refractivity contribution in [3.8, 4) is 5.75 Å². The summed E-state index contributed by atoms with van der Waals surface area (Å²) in [4.78, 5) is 12.9. The van der Waals surface area contributed by atoms with E-state index >= 15 is 0 Å². The van der Waals surface area contributed by atoms with Crippen molar-refractivity contribution < 1.29 is 9.53 Å². The molecule has 94 valence electrons. The molecule has 0 amide bonds. The normalized spacial score (nSPS) is 10.4. The van der Waals surface area contributed by atoms with Crippen molar-refractivity contribution in [3.63, 3.8) is 0 Å². The third kappa shape index (κ3) is 3.00. The number of carbonyl (C=O) groups is 1. The van der Waals surface area contributed by atoms with Gasteiger partial charge in [-0.2, -0.15) is 0 Å². The molecule has 0 spiro atoms. The standard InChI is InChI=1S/C14H13BrO2S/c1-9-3-4-12(17-2)10(7-9)8-11(16)13-5-6-14(15)18-13/h3-7H,8H2,1-2H3. The minimum absolute atomic E-state index is 0.120. The van der Waals surface area contributed by atoms with E-state index in [-0.39, 0.29) is 5.78 Å². The Morgan fingerprint density at radius 3 is 2.72 bits per heavy atom. The Kier molecular flexibility index (Phi) is 4.19. The van der Waals surface area contributed by atoms with E-state index in [0.717, 1.165) is 25.5 Å². The van der Waals surface area contributed by atoms with Crippen LogP contribution in [0.3, 0.4) is 0 Å². The van der Waals surface area contributed by atoms with Crippen LogP contribution in [-0.2, 0) is 6.42 Å². The topological polar surface area (TPSA) is 26.3 Å². The largest absolute Gasteiger partial charge is 0.496 e. The second-order valence-electron chi connectivity index (χ2n) is 4.02. The number of benzene rings is 1. The van der Waals surface area contributed by atoms with Crippen LogP contribution < -0.4 is 4.74 Å². The maximum Gasteiger partial charge on any atom is 0.177 e. The van der Waals surface area contributed by atoms with Crippen molar-refractivity contribution in [3.05, 3.63) is 50.1 Å². The van der Waals surface area contributed by atoms with Crippen LogP contribution in [-0.4, -0.2) is 12.9 Å². The fourth-order valence-corrected chi connectivity index (χ4v) is 3.09. The predicted octanol–water partition coefficient (Wildman–Crippen LogP) is 4.25. The summed E-state index contributed by atoms with van der Waals surface area (Å²) in [6.45, 7) is 2.01. The number of hydrogen-bond donors (Lipinski definition) is 0. The molecule has 0 saturated carbocycles. The SMILES string of the molecule is COc1ccc(C)cc1CC(=O)c1ccc(Br)s1. The summed E-state index contributed by atoms with van der Waals surface area (Å²) in [5.41, 5.74) is 2.07. The summed E-state index contributed by atoms with van der Waals surface area (Å²) in [6.07, 6.45) is 0.373. The Morgan fingerprint density at radius 1 is 1.33 bits per heavy atom. The van der Waals surface area contributed by atoms with Crippen molar-refractivity contribution in [1.82, 2.24) is 0 Å². The lowest BCUT2D eigenvalue weighted by atomic mass is 10.0. The van der Waals surface area contributed by atoms with E-state index < -0.39 is 0 Å². The molecule has 0 aliphatic rings. The number of methoxy groups -OCH3 is 1. The third-order valence-corrected chi connectivity index (χ3v) is 4.30. The van der Waals surface area contributed by atoms with Gasteiger partial charge in [-0.1, -0.05) is 17.7 Å². The van der Waals surface area contributed by atoms with Gasteiger partial charge >= 0.3 is 0 Å². The number of hydrogen-bond acceptors (Lipinski definition) is 3. The number of ether oxygens (including phenoxy) is 1. The summed E-state index contributed by atoms with van der Waals surface area (Å²) >= 11 is 4.83. The summed E-state index contributed by atoms with van der Waals surface area (Å²) in [6, 6.07) is 9.63. The highest BCUT2D eigenvalue weighted by atomic mass is 79.9. The van der Waals surface area contributed by atoms with Gasteiger partial charge in [0, 0.05) is 12.0 Å². The molecule has 0 bridgehead atoms. The number of thiophene rings is 1. The summed E-state index contributed by atoms with van der Waals surface area (Å²) in [5, 5.41) is 0. The predicted molar refractivity (Wildman–Crippen MR) is 77.8 cm³/mol. The Balaban J connectivity index is 2.23. The van der Waals surface area contributed by atoms with Crippen molar-refractivity contribution in [2.24, 2.45) is 0 Å². The number of aryl methyl sites for hydroxylation is 1. The fraction of sp³-hybridized carbons (Fsp3) is 0.214. The maximum atomic E-state index is 12.1. The molecule has 4 heteroatoms. The highest BCUT2D eigenvalue weighted by Crippen LogP contribution is 2.26. The molecule has 2 nitrogen and oxygen atoms in total. The first-order valence-corrected chi connectivity index (χ1v) is 7.13. The van der Waals surface area contributed by atoms with Crippen LogP contribution >= 0.6 is 27.3 Å². The maximum absolute atomic E-state index is 12.1. The first-order valence-electron chi connectivity index (χ1n) is 5.52. The van der Waals surface area contributed by atoms with Crippen LogP contribution in [0.4, 0.5) is 0 Å². The molecule has 0 aliphatic heterocycles. The summed E-state index contributed by atoms with van der Waals surface area (Å²) < 4.78 is 6.26. The zero-order chi connectivity index (χ0) is 13.1. The van der Waals surface area contributed by atoms with Gasteiger partial charge in [0.15, 0.2) is 5.78 Å². The Labute approximate surface area is 119 Å². The molecular formula is C14H13BrO2S. The second-order valence-corrected chi connectivity index (χ2v) is 6.48. The van der Waals surface area contributed by atoms with Crippen LogP contribution in [0, 0.1) is 6.92 Å². The van der Waals surface area contributed by atoms with E-state index in [2.05, 4.69) is 15.9 Å². The van der Waals surface area contributed by atoms with Gasteiger partial charge in [0.2, 0.25) is 0 Å². The molecule has 0 N–H and O–H groups in total. The zero-order valence-electron chi connectivity index (χ0n) is 10.2. The van der Waals surface area contributed by atoms with E-state index in [0.29, 0.717) is 6.42 Å². The highest BCUT2D eigenvalue weighted by Gasteiger charge is 2.12. The van der Waals surface area contributed by atoms with E-state index in [1.54, 1.807) is 7.11 Å². The molecule has 0 radical (unpaired) electrons. The van der Waals surface area contributed by atoms with E-state index in [1.165, 1.54) is 11.3 Å². The van der Waals surface area contributed by atoms with Gasteiger partial charge in [0.25, 0.3) is 0 Å². The van der Waals surface area contributed by atoms with Crippen molar-refractivity contribution in [2.75, 3.05) is 7.11 Å².